The zero-order valence-corrected chi connectivity index (χ0v) is 13.8. The number of aliphatic imine (C=N–C) groups is 1. The average molecular weight is 309 g/mol. The zero-order chi connectivity index (χ0) is 16.0. The highest BCUT2D eigenvalue weighted by Gasteiger charge is 2.27. The van der Waals surface area contributed by atoms with E-state index in [2.05, 4.69) is 4.99 Å². The summed E-state index contributed by atoms with van der Waals surface area (Å²) in [5, 5.41) is -0.578. The standard InChI is InChI=1S/C16H23NO3S/c1-12(2)16(17-9-10-18)11-21(19,20)14(4)15-7-5-13(3)6-8-15/h5-10,12,14,16H,11H2,1-4H3/t14-,16+/m0/s1. The van der Waals surface area contributed by atoms with Gasteiger partial charge in [-0.05, 0) is 25.3 Å². The first kappa shape index (κ1) is 17.6. The molecule has 0 aliphatic carbocycles. The van der Waals surface area contributed by atoms with Crippen molar-refractivity contribution in [3.63, 3.8) is 0 Å². The van der Waals surface area contributed by atoms with E-state index in [1.165, 1.54) is 0 Å². The van der Waals surface area contributed by atoms with E-state index in [0.717, 1.165) is 17.3 Å². The molecular formula is C16H23NO3S. The molecule has 2 atom stereocenters. The van der Waals surface area contributed by atoms with Crippen LogP contribution in [0.4, 0.5) is 0 Å². The molecular weight excluding hydrogens is 286 g/mol. The van der Waals surface area contributed by atoms with E-state index in [-0.39, 0.29) is 11.7 Å². The Morgan fingerprint density at radius 2 is 1.71 bits per heavy atom. The fourth-order valence-corrected chi connectivity index (χ4v) is 3.79. The van der Waals surface area contributed by atoms with Gasteiger partial charge in [0, 0.05) is 0 Å². The second-order valence-electron chi connectivity index (χ2n) is 5.63. The van der Waals surface area contributed by atoms with Crippen LogP contribution in [-0.4, -0.2) is 32.7 Å². The van der Waals surface area contributed by atoms with Crippen LogP contribution in [0.2, 0.25) is 0 Å². The van der Waals surface area contributed by atoms with Crippen molar-refractivity contribution in [2.45, 2.75) is 39.0 Å². The number of nitrogens with zero attached hydrogens (tertiary/aromatic N) is 1. The average Bonchev–Trinajstić information content (AvgIpc) is 2.43. The molecule has 0 bridgehead atoms. The second-order valence-corrected chi connectivity index (χ2v) is 7.99. The largest absolute Gasteiger partial charge is 0.297 e. The van der Waals surface area contributed by atoms with Crippen LogP contribution in [-0.2, 0) is 14.6 Å². The van der Waals surface area contributed by atoms with Gasteiger partial charge in [0.2, 0.25) is 0 Å². The highest BCUT2D eigenvalue weighted by molar-refractivity contribution is 7.91. The molecule has 0 radical (unpaired) electrons. The minimum absolute atomic E-state index is 0.0515. The zero-order valence-electron chi connectivity index (χ0n) is 13.0. The number of sulfone groups is 1. The summed E-state index contributed by atoms with van der Waals surface area (Å²) in [4.78, 5) is 14.4. The Labute approximate surface area is 127 Å². The lowest BCUT2D eigenvalue weighted by Crippen LogP contribution is -2.27. The van der Waals surface area contributed by atoms with Gasteiger partial charge < -0.3 is 0 Å². The molecule has 0 aromatic heterocycles. The third kappa shape index (κ3) is 5.08. The molecule has 0 unspecified atom stereocenters. The number of hydrogen-bond acceptors (Lipinski definition) is 4. The minimum Gasteiger partial charge on any atom is -0.297 e. The topological polar surface area (TPSA) is 63.6 Å². The lowest BCUT2D eigenvalue weighted by molar-refractivity contribution is -0.102. The van der Waals surface area contributed by atoms with Gasteiger partial charge in [-0.15, -0.1) is 0 Å². The molecule has 0 spiro atoms. The van der Waals surface area contributed by atoms with Crippen LogP contribution in [0.25, 0.3) is 0 Å². The van der Waals surface area contributed by atoms with Crippen molar-refractivity contribution in [3.8, 4) is 0 Å². The summed E-state index contributed by atoms with van der Waals surface area (Å²) < 4.78 is 25.1. The van der Waals surface area contributed by atoms with E-state index in [1.807, 2.05) is 45.0 Å². The van der Waals surface area contributed by atoms with E-state index >= 15 is 0 Å². The monoisotopic (exact) mass is 309 g/mol. The van der Waals surface area contributed by atoms with Crippen molar-refractivity contribution in [3.05, 3.63) is 35.4 Å². The second kappa shape index (κ2) is 7.50. The molecule has 0 aliphatic rings. The molecule has 21 heavy (non-hydrogen) atoms. The SMILES string of the molecule is Cc1ccc([C@H](C)S(=O)(=O)C[C@@H](N=CC=O)C(C)C)cc1. The molecule has 0 saturated heterocycles. The molecule has 0 saturated carbocycles. The van der Waals surface area contributed by atoms with Crippen molar-refractivity contribution < 1.29 is 13.2 Å². The molecule has 4 nitrogen and oxygen atoms in total. The Morgan fingerprint density at radius 3 is 2.19 bits per heavy atom. The first-order valence-corrected chi connectivity index (χ1v) is 8.74. The van der Waals surface area contributed by atoms with Crippen LogP contribution in [0, 0.1) is 12.8 Å². The normalized spacial score (nSPS) is 15.3. The van der Waals surface area contributed by atoms with Gasteiger partial charge >= 0.3 is 0 Å². The van der Waals surface area contributed by atoms with E-state index < -0.39 is 21.1 Å². The summed E-state index contributed by atoms with van der Waals surface area (Å²) in [6.45, 7) is 7.46. The summed E-state index contributed by atoms with van der Waals surface area (Å²) in [5.74, 6) is 0.00512. The van der Waals surface area contributed by atoms with Gasteiger partial charge in [0.25, 0.3) is 0 Å². The van der Waals surface area contributed by atoms with Crippen LogP contribution < -0.4 is 0 Å². The Morgan fingerprint density at radius 1 is 1.14 bits per heavy atom. The first-order chi connectivity index (χ1) is 9.77. The van der Waals surface area contributed by atoms with Gasteiger partial charge in [-0.1, -0.05) is 43.7 Å². The van der Waals surface area contributed by atoms with Gasteiger partial charge in [0.1, 0.15) is 0 Å². The third-order valence-electron chi connectivity index (χ3n) is 3.60. The number of benzene rings is 1. The summed E-state index contributed by atoms with van der Waals surface area (Å²) >= 11 is 0. The van der Waals surface area contributed by atoms with Gasteiger partial charge in [0.15, 0.2) is 16.1 Å². The molecule has 1 rings (SSSR count). The molecule has 0 amide bonds. The van der Waals surface area contributed by atoms with Crippen molar-refractivity contribution in [2.75, 3.05) is 5.75 Å². The van der Waals surface area contributed by atoms with E-state index in [9.17, 15) is 13.2 Å². The number of rotatable bonds is 7. The minimum atomic E-state index is -3.33. The fourth-order valence-electron chi connectivity index (χ4n) is 1.98. The predicted octanol–water partition coefficient (Wildman–Crippen LogP) is 2.77. The highest BCUT2D eigenvalue weighted by Crippen LogP contribution is 2.25. The molecule has 1 aromatic carbocycles. The molecule has 0 heterocycles. The lowest BCUT2D eigenvalue weighted by Gasteiger charge is -2.20. The first-order valence-electron chi connectivity index (χ1n) is 7.03. The van der Waals surface area contributed by atoms with E-state index in [4.69, 9.17) is 0 Å². The summed E-state index contributed by atoms with van der Waals surface area (Å²) in [6.07, 6.45) is 1.71. The molecule has 0 fully saturated rings. The third-order valence-corrected chi connectivity index (χ3v) is 5.75. The predicted molar refractivity (Wildman–Crippen MR) is 86.6 cm³/mol. The molecule has 0 aliphatic heterocycles. The number of aldehydes is 1. The van der Waals surface area contributed by atoms with E-state index in [0.29, 0.717) is 6.29 Å². The summed E-state index contributed by atoms with van der Waals surface area (Å²) in [7, 11) is -3.33. The van der Waals surface area contributed by atoms with Gasteiger partial charge in [-0.2, -0.15) is 0 Å². The van der Waals surface area contributed by atoms with Gasteiger partial charge in [-0.25, -0.2) is 8.42 Å². The van der Waals surface area contributed by atoms with Crippen LogP contribution in [0.1, 0.15) is 37.1 Å². The number of hydrogen-bond donors (Lipinski definition) is 0. The van der Waals surface area contributed by atoms with E-state index in [1.54, 1.807) is 6.92 Å². The number of carbonyl (C=O) groups is 1. The van der Waals surface area contributed by atoms with Crippen LogP contribution >= 0.6 is 0 Å². The Bertz CT molecular complexity index is 588. The number of aryl methyl sites for hydroxylation is 1. The Balaban J connectivity index is 2.95. The van der Waals surface area contributed by atoms with Crippen LogP contribution in [0.5, 0.6) is 0 Å². The Hall–Kier alpha value is -1.49. The van der Waals surface area contributed by atoms with Crippen LogP contribution in [0.15, 0.2) is 29.3 Å². The molecule has 0 N–H and O–H groups in total. The number of carbonyl (C=O) groups excluding carboxylic acids is 1. The van der Waals surface area contributed by atoms with Crippen molar-refractivity contribution >= 4 is 22.3 Å². The molecule has 116 valence electrons. The maximum Gasteiger partial charge on any atom is 0.160 e. The van der Waals surface area contributed by atoms with Gasteiger partial charge in [-0.3, -0.25) is 9.79 Å². The summed E-state index contributed by atoms with van der Waals surface area (Å²) in [6, 6.07) is 7.11. The Kier molecular flexibility index (Phi) is 6.27. The van der Waals surface area contributed by atoms with Gasteiger partial charge in [0.05, 0.1) is 23.3 Å². The maximum absolute atomic E-state index is 12.5. The lowest BCUT2D eigenvalue weighted by atomic mass is 10.1. The van der Waals surface area contributed by atoms with Crippen LogP contribution in [0.3, 0.4) is 0 Å². The fraction of sp³-hybridized carbons (Fsp3) is 0.500. The smallest absolute Gasteiger partial charge is 0.160 e. The molecule has 1 aromatic rings. The van der Waals surface area contributed by atoms with Crippen molar-refractivity contribution in [1.29, 1.82) is 0 Å². The van der Waals surface area contributed by atoms with Crippen molar-refractivity contribution in [2.24, 2.45) is 10.9 Å². The quantitative estimate of drug-likeness (QED) is 0.574. The summed E-state index contributed by atoms with van der Waals surface area (Å²) in [5.41, 5.74) is 1.88. The highest BCUT2D eigenvalue weighted by atomic mass is 32.2. The maximum atomic E-state index is 12.5. The van der Waals surface area contributed by atoms with Crippen molar-refractivity contribution in [1.82, 2.24) is 0 Å². The molecule has 5 heteroatoms.